The van der Waals surface area contributed by atoms with Crippen LogP contribution in [0, 0.1) is 13.8 Å². The van der Waals surface area contributed by atoms with Crippen LogP contribution >= 0.6 is 0 Å². The Bertz CT molecular complexity index is 540. The fourth-order valence-electron chi connectivity index (χ4n) is 1.95. The number of aromatic amines is 1. The van der Waals surface area contributed by atoms with Gasteiger partial charge >= 0.3 is 5.97 Å². The molecule has 0 amide bonds. The zero-order chi connectivity index (χ0) is 11.7. The van der Waals surface area contributed by atoms with Crippen molar-refractivity contribution in [2.75, 3.05) is 7.11 Å². The molecule has 0 saturated carbocycles. The van der Waals surface area contributed by atoms with Crippen molar-refractivity contribution in [1.29, 1.82) is 0 Å². The number of fused-ring (bicyclic) bond motifs is 1. The first-order valence-corrected chi connectivity index (χ1v) is 5.26. The molecule has 2 rings (SSSR count). The minimum Gasteiger partial charge on any atom is -0.469 e. The van der Waals surface area contributed by atoms with E-state index in [-0.39, 0.29) is 5.97 Å². The highest BCUT2D eigenvalue weighted by atomic mass is 16.5. The molecule has 3 nitrogen and oxygen atoms in total. The quantitative estimate of drug-likeness (QED) is 0.785. The van der Waals surface area contributed by atoms with Crippen LogP contribution in [0.1, 0.15) is 16.8 Å². The maximum Gasteiger partial charge on any atom is 0.310 e. The molecule has 84 valence electrons. The summed E-state index contributed by atoms with van der Waals surface area (Å²) in [6.07, 6.45) is 0.325. The Balaban J connectivity index is 2.52. The van der Waals surface area contributed by atoms with Crippen molar-refractivity contribution in [3.05, 3.63) is 35.0 Å². The summed E-state index contributed by atoms with van der Waals surface area (Å²) in [7, 11) is 1.41. The van der Waals surface area contributed by atoms with E-state index >= 15 is 0 Å². The lowest BCUT2D eigenvalue weighted by Gasteiger charge is -2.00. The Morgan fingerprint density at radius 3 is 2.81 bits per heavy atom. The number of carbonyl (C=O) groups excluding carboxylic acids is 1. The molecular formula is C13H15NO2. The number of methoxy groups -OCH3 is 1. The molecule has 1 N–H and O–H groups in total. The largest absolute Gasteiger partial charge is 0.469 e. The summed E-state index contributed by atoms with van der Waals surface area (Å²) < 4.78 is 4.70. The van der Waals surface area contributed by atoms with E-state index < -0.39 is 0 Å². The smallest absolute Gasteiger partial charge is 0.310 e. The molecule has 1 aromatic heterocycles. The van der Waals surface area contributed by atoms with Crippen LogP contribution in [0.4, 0.5) is 0 Å². The molecule has 0 bridgehead atoms. The number of ether oxygens (including phenoxy) is 1. The SMILES string of the molecule is COC(=O)Cc1c(C)[nH]c2cc(C)ccc12. The maximum atomic E-state index is 11.3. The fraction of sp³-hybridized carbons (Fsp3) is 0.308. The number of hydrogen-bond donors (Lipinski definition) is 1. The van der Waals surface area contributed by atoms with E-state index in [0.717, 1.165) is 22.2 Å². The van der Waals surface area contributed by atoms with E-state index in [0.29, 0.717) is 6.42 Å². The lowest BCUT2D eigenvalue weighted by Crippen LogP contribution is -2.04. The van der Waals surface area contributed by atoms with Crippen LogP contribution in [-0.4, -0.2) is 18.1 Å². The second-order valence-corrected chi connectivity index (χ2v) is 4.03. The standard InChI is InChI=1S/C13H15NO2/c1-8-4-5-10-11(7-13(15)16-3)9(2)14-12(10)6-8/h4-6,14H,7H2,1-3H3. The molecule has 1 aromatic carbocycles. The zero-order valence-electron chi connectivity index (χ0n) is 9.76. The highest BCUT2D eigenvalue weighted by Crippen LogP contribution is 2.23. The van der Waals surface area contributed by atoms with Crippen molar-refractivity contribution in [3.63, 3.8) is 0 Å². The number of aryl methyl sites for hydroxylation is 2. The summed E-state index contributed by atoms with van der Waals surface area (Å²) in [6, 6.07) is 6.19. The predicted molar refractivity (Wildman–Crippen MR) is 63.5 cm³/mol. The van der Waals surface area contributed by atoms with Crippen LogP contribution in [0.5, 0.6) is 0 Å². The van der Waals surface area contributed by atoms with E-state index in [4.69, 9.17) is 4.74 Å². The van der Waals surface area contributed by atoms with Crippen LogP contribution in [-0.2, 0) is 16.0 Å². The van der Waals surface area contributed by atoms with Crippen LogP contribution < -0.4 is 0 Å². The number of benzene rings is 1. The molecule has 0 aliphatic carbocycles. The second kappa shape index (κ2) is 4.00. The minimum absolute atomic E-state index is 0.204. The third kappa shape index (κ3) is 1.81. The van der Waals surface area contributed by atoms with Gasteiger partial charge in [0.05, 0.1) is 13.5 Å². The van der Waals surface area contributed by atoms with Crippen LogP contribution in [0.25, 0.3) is 10.9 Å². The van der Waals surface area contributed by atoms with Gasteiger partial charge in [0.25, 0.3) is 0 Å². The van der Waals surface area contributed by atoms with Crippen molar-refractivity contribution in [2.24, 2.45) is 0 Å². The molecule has 0 unspecified atom stereocenters. The number of carbonyl (C=O) groups is 1. The molecule has 2 aromatic rings. The third-order valence-corrected chi connectivity index (χ3v) is 2.82. The molecule has 0 aliphatic heterocycles. The Hall–Kier alpha value is -1.77. The maximum absolute atomic E-state index is 11.3. The van der Waals surface area contributed by atoms with Gasteiger partial charge in [0.15, 0.2) is 0 Å². The van der Waals surface area contributed by atoms with Gasteiger partial charge in [-0.2, -0.15) is 0 Å². The summed E-state index contributed by atoms with van der Waals surface area (Å²) >= 11 is 0. The zero-order valence-corrected chi connectivity index (χ0v) is 9.76. The summed E-state index contributed by atoms with van der Waals surface area (Å²) in [5.41, 5.74) is 4.35. The van der Waals surface area contributed by atoms with Crippen molar-refractivity contribution in [2.45, 2.75) is 20.3 Å². The Kier molecular flexibility index (Phi) is 2.69. The molecule has 0 radical (unpaired) electrons. The number of hydrogen-bond acceptors (Lipinski definition) is 2. The van der Waals surface area contributed by atoms with Gasteiger partial charge in [0, 0.05) is 16.6 Å². The first-order chi connectivity index (χ1) is 7.61. The number of esters is 1. The number of rotatable bonds is 2. The Morgan fingerprint density at radius 1 is 1.38 bits per heavy atom. The Morgan fingerprint density at radius 2 is 2.12 bits per heavy atom. The van der Waals surface area contributed by atoms with Crippen LogP contribution in [0.2, 0.25) is 0 Å². The normalized spacial score (nSPS) is 10.7. The van der Waals surface area contributed by atoms with Gasteiger partial charge < -0.3 is 9.72 Å². The van der Waals surface area contributed by atoms with Crippen molar-refractivity contribution in [3.8, 4) is 0 Å². The van der Waals surface area contributed by atoms with E-state index in [1.807, 2.05) is 13.0 Å². The summed E-state index contributed by atoms with van der Waals surface area (Å²) in [5.74, 6) is -0.204. The third-order valence-electron chi connectivity index (χ3n) is 2.82. The molecular weight excluding hydrogens is 202 g/mol. The van der Waals surface area contributed by atoms with E-state index in [2.05, 4.69) is 24.0 Å². The number of H-pyrrole nitrogens is 1. The molecule has 0 saturated heterocycles. The van der Waals surface area contributed by atoms with Crippen LogP contribution in [0.15, 0.2) is 18.2 Å². The molecule has 0 spiro atoms. The second-order valence-electron chi connectivity index (χ2n) is 4.03. The Labute approximate surface area is 94.4 Å². The number of nitrogens with one attached hydrogen (secondary N) is 1. The number of aromatic nitrogens is 1. The van der Waals surface area contributed by atoms with Gasteiger partial charge in [0.2, 0.25) is 0 Å². The van der Waals surface area contributed by atoms with Gasteiger partial charge in [-0.25, -0.2) is 0 Å². The first-order valence-electron chi connectivity index (χ1n) is 5.26. The van der Waals surface area contributed by atoms with Crippen LogP contribution in [0.3, 0.4) is 0 Å². The van der Waals surface area contributed by atoms with Gasteiger partial charge in [-0.3, -0.25) is 4.79 Å². The molecule has 0 atom stereocenters. The summed E-state index contributed by atoms with van der Waals surface area (Å²) in [6.45, 7) is 4.03. The molecule has 1 heterocycles. The highest BCUT2D eigenvalue weighted by molar-refractivity contribution is 5.89. The topological polar surface area (TPSA) is 42.1 Å². The van der Waals surface area contributed by atoms with Gasteiger partial charge in [-0.05, 0) is 31.0 Å². The van der Waals surface area contributed by atoms with Crippen molar-refractivity contribution >= 4 is 16.9 Å². The van der Waals surface area contributed by atoms with Crippen molar-refractivity contribution < 1.29 is 9.53 Å². The molecule has 0 aliphatic rings. The average Bonchev–Trinajstić information content (AvgIpc) is 2.54. The lowest BCUT2D eigenvalue weighted by atomic mass is 10.1. The van der Waals surface area contributed by atoms with E-state index in [9.17, 15) is 4.79 Å². The van der Waals surface area contributed by atoms with Crippen molar-refractivity contribution in [1.82, 2.24) is 4.98 Å². The fourth-order valence-corrected chi connectivity index (χ4v) is 1.95. The molecule has 3 heteroatoms. The monoisotopic (exact) mass is 217 g/mol. The van der Waals surface area contributed by atoms with Gasteiger partial charge in [-0.1, -0.05) is 12.1 Å². The average molecular weight is 217 g/mol. The lowest BCUT2D eigenvalue weighted by molar-refractivity contribution is -0.139. The summed E-state index contributed by atoms with van der Waals surface area (Å²) in [5, 5.41) is 1.11. The highest BCUT2D eigenvalue weighted by Gasteiger charge is 2.12. The van der Waals surface area contributed by atoms with E-state index in [1.165, 1.54) is 12.7 Å². The van der Waals surface area contributed by atoms with E-state index in [1.54, 1.807) is 0 Å². The first kappa shape index (κ1) is 10.7. The molecule has 16 heavy (non-hydrogen) atoms. The molecule has 0 fully saturated rings. The minimum atomic E-state index is -0.204. The predicted octanol–water partition coefficient (Wildman–Crippen LogP) is 2.50. The summed E-state index contributed by atoms with van der Waals surface area (Å²) in [4.78, 5) is 14.6. The van der Waals surface area contributed by atoms with Gasteiger partial charge in [-0.15, -0.1) is 0 Å². The van der Waals surface area contributed by atoms with Gasteiger partial charge in [0.1, 0.15) is 0 Å².